The summed E-state index contributed by atoms with van der Waals surface area (Å²) >= 11 is 10.7. The fourth-order valence-electron chi connectivity index (χ4n) is 1.83. The van der Waals surface area contributed by atoms with Gasteiger partial charge in [-0.25, -0.2) is 13.4 Å². The maximum atomic E-state index is 12.4. The van der Waals surface area contributed by atoms with Gasteiger partial charge in [-0.15, -0.1) is 11.3 Å². The highest BCUT2D eigenvalue weighted by Gasteiger charge is 2.19. The number of rotatable bonds is 3. The van der Waals surface area contributed by atoms with Gasteiger partial charge in [0.2, 0.25) is 0 Å². The van der Waals surface area contributed by atoms with Crippen molar-refractivity contribution >= 4 is 64.7 Å². The van der Waals surface area contributed by atoms with Crippen LogP contribution in [-0.4, -0.2) is 13.4 Å². The summed E-state index contributed by atoms with van der Waals surface area (Å²) in [6, 6.07) is 8.73. The molecule has 108 valence electrons. The van der Waals surface area contributed by atoms with Crippen LogP contribution >= 0.6 is 38.9 Å². The number of halogens is 2. The third-order valence-electron chi connectivity index (χ3n) is 2.77. The number of anilines is 1. The monoisotopic (exact) mass is 402 g/mol. The molecule has 3 rings (SSSR count). The lowest BCUT2D eigenvalue weighted by Crippen LogP contribution is -2.14. The molecule has 1 N–H and O–H groups in total. The molecule has 2 heterocycles. The first-order chi connectivity index (χ1) is 9.95. The number of hydrogen-bond donors (Lipinski definition) is 1. The second-order valence-corrected chi connectivity index (χ2v) is 8.09. The van der Waals surface area contributed by atoms with E-state index in [2.05, 4.69) is 25.6 Å². The molecule has 21 heavy (non-hydrogen) atoms. The molecule has 4 nitrogen and oxygen atoms in total. The average molecular weight is 404 g/mol. The maximum absolute atomic E-state index is 12.4. The van der Waals surface area contributed by atoms with Crippen molar-refractivity contribution in [2.24, 2.45) is 0 Å². The van der Waals surface area contributed by atoms with Crippen LogP contribution in [0.1, 0.15) is 0 Å². The van der Waals surface area contributed by atoms with Gasteiger partial charge in [-0.05, 0) is 57.0 Å². The minimum Gasteiger partial charge on any atom is -0.280 e. The van der Waals surface area contributed by atoms with Gasteiger partial charge >= 0.3 is 0 Å². The molecule has 0 aliphatic carbocycles. The minimum absolute atomic E-state index is 0.0658. The number of fused-ring (bicyclic) bond motifs is 1. The van der Waals surface area contributed by atoms with E-state index in [4.69, 9.17) is 11.6 Å². The topological polar surface area (TPSA) is 59.1 Å². The predicted octanol–water partition coefficient (Wildman–Crippen LogP) is 4.51. The molecule has 0 bridgehead atoms. The van der Waals surface area contributed by atoms with Crippen molar-refractivity contribution in [3.05, 3.63) is 51.5 Å². The van der Waals surface area contributed by atoms with Crippen LogP contribution in [0.5, 0.6) is 0 Å². The molecule has 0 spiro atoms. The quantitative estimate of drug-likeness (QED) is 0.654. The lowest BCUT2D eigenvalue weighted by molar-refractivity contribution is 0.601. The molecule has 8 heteroatoms. The molecule has 1 aromatic carbocycles. The number of sulfonamides is 1. The summed E-state index contributed by atoms with van der Waals surface area (Å²) in [4.78, 5) is 3.76. The number of nitrogens with one attached hydrogen (secondary N) is 1. The van der Waals surface area contributed by atoms with E-state index < -0.39 is 10.0 Å². The van der Waals surface area contributed by atoms with Crippen molar-refractivity contribution in [1.82, 2.24) is 4.98 Å². The average Bonchev–Trinajstić information content (AvgIpc) is 2.88. The molecule has 0 amide bonds. The van der Waals surface area contributed by atoms with E-state index >= 15 is 0 Å². The summed E-state index contributed by atoms with van der Waals surface area (Å²) in [7, 11) is -3.79. The van der Waals surface area contributed by atoms with Crippen LogP contribution in [0.2, 0.25) is 5.15 Å². The molecular formula is C13H8BrClN2O2S2. The normalized spacial score (nSPS) is 11.7. The summed E-state index contributed by atoms with van der Waals surface area (Å²) in [6.07, 6.45) is 1.44. The van der Waals surface area contributed by atoms with Crippen molar-refractivity contribution in [1.29, 1.82) is 0 Å². The summed E-state index contributed by atoms with van der Waals surface area (Å²) < 4.78 is 28.9. The van der Waals surface area contributed by atoms with Gasteiger partial charge in [-0.3, -0.25) is 4.72 Å². The number of benzene rings is 1. The van der Waals surface area contributed by atoms with E-state index in [1.807, 2.05) is 17.5 Å². The first-order valence-electron chi connectivity index (χ1n) is 5.77. The SMILES string of the molecule is O=S(=O)(Nc1ccc2sccc2c1)c1cc(Br)cnc1Cl. The van der Waals surface area contributed by atoms with Gasteiger partial charge in [-0.1, -0.05) is 11.6 Å². The highest BCUT2D eigenvalue weighted by molar-refractivity contribution is 9.10. The van der Waals surface area contributed by atoms with Gasteiger partial charge in [0.15, 0.2) is 0 Å². The van der Waals surface area contributed by atoms with E-state index in [9.17, 15) is 8.42 Å². The van der Waals surface area contributed by atoms with Crippen LogP contribution in [0, 0.1) is 0 Å². The molecule has 3 aromatic rings. The number of aromatic nitrogens is 1. The molecule has 0 radical (unpaired) electrons. The van der Waals surface area contributed by atoms with Crippen molar-refractivity contribution in [3.8, 4) is 0 Å². The van der Waals surface area contributed by atoms with E-state index in [0.29, 0.717) is 10.2 Å². The van der Waals surface area contributed by atoms with Crippen molar-refractivity contribution in [3.63, 3.8) is 0 Å². The molecule has 0 fully saturated rings. The molecule has 0 unspecified atom stereocenters. The summed E-state index contributed by atoms with van der Waals surface area (Å²) in [6.45, 7) is 0. The van der Waals surface area contributed by atoms with Crippen LogP contribution in [0.15, 0.2) is 51.3 Å². The van der Waals surface area contributed by atoms with Crippen LogP contribution in [0.4, 0.5) is 5.69 Å². The van der Waals surface area contributed by atoms with Gasteiger partial charge in [0.25, 0.3) is 10.0 Å². The van der Waals surface area contributed by atoms with Gasteiger partial charge < -0.3 is 0 Å². The first-order valence-corrected chi connectivity index (χ1v) is 9.30. The third-order valence-corrected chi connectivity index (χ3v) is 5.91. The summed E-state index contributed by atoms with van der Waals surface area (Å²) in [5.74, 6) is 0. The number of hydrogen-bond acceptors (Lipinski definition) is 4. The van der Waals surface area contributed by atoms with Gasteiger partial charge in [0, 0.05) is 21.1 Å². The number of nitrogens with zero attached hydrogens (tertiary/aromatic N) is 1. The Bertz CT molecular complexity index is 925. The van der Waals surface area contributed by atoms with Gasteiger partial charge in [0.05, 0.1) is 0 Å². The largest absolute Gasteiger partial charge is 0.280 e. The Labute approximate surface area is 139 Å². The van der Waals surface area contributed by atoms with E-state index in [-0.39, 0.29) is 10.0 Å². The fourth-order valence-corrected chi connectivity index (χ4v) is 4.60. The van der Waals surface area contributed by atoms with Crippen molar-refractivity contribution in [2.45, 2.75) is 4.90 Å². The molecular weight excluding hydrogens is 396 g/mol. The Balaban J connectivity index is 2.00. The lowest BCUT2D eigenvalue weighted by atomic mass is 10.2. The minimum atomic E-state index is -3.79. The summed E-state index contributed by atoms with van der Waals surface area (Å²) in [5, 5.41) is 2.87. The Morgan fingerprint density at radius 1 is 1.24 bits per heavy atom. The first kappa shape index (κ1) is 14.8. The number of thiophene rings is 1. The zero-order chi connectivity index (χ0) is 15.0. The van der Waals surface area contributed by atoms with Gasteiger partial charge in [0.1, 0.15) is 10.0 Å². The van der Waals surface area contributed by atoms with E-state index in [1.165, 1.54) is 12.3 Å². The molecule has 0 aliphatic heterocycles. The zero-order valence-corrected chi connectivity index (χ0v) is 14.4. The fraction of sp³-hybridized carbons (Fsp3) is 0. The molecule has 0 saturated heterocycles. The van der Waals surface area contributed by atoms with Crippen LogP contribution < -0.4 is 4.72 Å². The Hall–Kier alpha value is -1.15. The van der Waals surface area contributed by atoms with E-state index in [0.717, 1.165) is 10.1 Å². The molecule has 0 saturated carbocycles. The Morgan fingerprint density at radius 3 is 2.86 bits per heavy atom. The van der Waals surface area contributed by atoms with Crippen LogP contribution in [-0.2, 0) is 10.0 Å². The standard InChI is InChI=1S/C13H8BrClN2O2S2/c14-9-6-12(13(15)16-7-9)21(18,19)17-10-1-2-11-8(5-10)3-4-20-11/h1-7,17H. The maximum Gasteiger partial charge on any atom is 0.265 e. The van der Waals surface area contributed by atoms with E-state index in [1.54, 1.807) is 23.5 Å². The van der Waals surface area contributed by atoms with Gasteiger partial charge in [-0.2, -0.15) is 0 Å². The summed E-state index contributed by atoms with van der Waals surface area (Å²) in [5.41, 5.74) is 0.483. The second-order valence-electron chi connectivity index (χ2n) is 4.22. The predicted molar refractivity (Wildman–Crippen MR) is 89.6 cm³/mol. The van der Waals surface area contributed by atoms with Crippen LogP contribution in [0.25, 0.3) is 10.1 Å². The zero-order valence-electron chi connectivity index (χ0n) is 10.4. The molecule has 0 aliphatic rings. The second kappa shape index (κ2) is 5.57. The van der Waals surface area contributed by atoms with Crippen LogP contribution in [0.3, 0.4) is 0 Å². The van der Waals surface area contributed by atoms with Crippen molar-refractivity contribution in [2.75, 3.05) is 4.72 Å². The lowest BCUT2D eigenvalue weighted by Gasteiger charge is -2.09. The smallest absolute Gasteiger partial charge is 0.265 e. The highest BCUT2D eigenvalue weighted by Crippen LogP contribution is 2.28. The molecule has 2 aromatic heterocycles. The number of pyridine rings is 1. The molecule has 0 atom stereocenters. The Kier molecular flexibility index (Phi) is 3.92. The highest BCUT2D eigenvalue weighted by atomic mass is 79.9. The third kappa shape index (κ3) is 3.06. The Morgan fingerprint density at radius 2 is 2.05 bits per heavy atom. The van der Waals surface area contributed by atoms with Crippen molar-refractivity contribution < 1.29 is 8.42 Å².